The standard InChI is InChI=1S/C15H31O4P/c1-12(2)18-20(6,16)19-14-10-8-7-9-13(14)11-17-15(3,4)5/h12-14H,7-11H2,1-6H3. The highest BCUT2D eigenvalue weighted by atomic mass is 31.2. The van der Waals surface area contributed by atoms with E-state index in [1.54, 1.807) is 6.66 Å². The van der Waals surface area contributed by atoms with Crippen molar-refractivity contribution in [2.45, 2.75) is 78.1 Å². The summed E-state index contributed by atoms with van der Waals surface area (Å²) < 4.78 is 29.5. The highest BCUT2D eigenvalue weighted by Crippen LogP contribution is 2.49. The van der Waals surface area contributed by atoms with E-state index in [1.807, 2.05) is 13.8 Å². The van der Waals surface area contributed by atoms with Crippen LogP contribution >= 0.6 is 7.60 Å². The lowest BCUT2D eigenvalue weighted by Gasteiger charge is -2.34. The first-order valence-electron chi connectivity index (χ1n) is 7.67. The SMILES string of the molecule is CC(C)OP(C)(=O)OC1CCCCC1COC(C)(C)C. The van der Waals surface area contributed by atoms with Crippen molar-refractivity contribution in [3.63, 3.8) is 0 Å². The van der Waals surface area contributed by atoms with E-state index in [-0.39, 0.29) is 17.8 Å². The Labute approximate surface area is 124 Å². The normalized spacial score (nSPS) is 27.6. The molecule has 120 valence electrons. The maximum atomic E-state index is 12.4. The van der Waals surface area contributed by atoms with Gasteiger partial charge in [0.25, 0.3) is 0 Å². The molecular formula is C15H31O4P. The van der Waals surface area contributed by atoms with E-state index in [9.17, 15) is 4.57 Å². The Bertz CT molecular complexity index is 335. The maximum absolute atomic E-state index is 12.4. The molecule has 0 spiro atoms. The lowest BCUT2D eigenvalue weighted by atomic mass is 9.87. The fourth-order valence-electron chi connectivity index (χ4n) is 2.51. The van der Waals surface area contributed by atoms with Crippen LogP contribution in [0, 0.1) is 5.92 Å². The van der Waals surface area contributed by atoms with Crippen LogP contribution in [0.15, 0.2) is 0 Å². The second kappa shape index (κ2) is 7.40. The van der Waals surface area contributed by atoms with E-state index in [4.69, 9.17) is 13.8 Å². The second-order valence-corrected chi connectivity index (χ2v) is 9.00. The molecule has 5 heteroatoms. The molecule has 0 heterocycles. The van der Waals surface area contributed by atoms with Crippen molar-refractivity contribution in [2.24, 2.45) is 5.92 Å². The van der Waals surface area contributed by atoms with Crippen molar-refractivity contribution in [3.8, 4) is 0 Å². The van der Waals surface area contributed by atoms with Gasteiger partial charge in [-0.15, -0.1) is 0 Å². The molecule has 1 aliphatic rings. The van der Waals surface area contributed by atoms with Crippen molar-refractivity contribution in [1.29, 1.82) is 0 Å². The molecule has 0 amide bonds. The highest BCUT2D eigenvalue weighted by Gasteiger charge is 2.33. The molecule has 1 saturated carbocycles. The van der Waals surface area contributed by atoms with Crippen molar-refractivity contribution < 1.29 is 18.3 Å². The van der Waals surface area contributed by atoms with Crippen LogP contribution in [-0.2, 0) is 18.3 Å². The zero-order valence-electron chi connectivity index (χ0n) is 13.8. The summed E-state index contributed by atoms with van der Waals surface area (Å²) in [6.45, 7) is 12.1. The van der Waals surface area contributed by atoms with E-state index in [2.05, 4.69) is 20.8 Å². The van der Waals surface area contributed by atoms with Gasteiger partial charge in [-0.05, 0) is 47.5 Å². The van der Waals surface area contributed by atoms with Gasteiger partial charge < -0.3 is 13.8 Å². The molecule has 3 unspecified atom stereocenters. The van der Waals surface area contributed by atoms with Crippen LogP contribution in [-0.4, -0.2) is 31.1 Å². The minimum absolute atomic E-state index is 0.0133. The summed E-state index contributed by atoms with van der Waals surface area (Å²) in [5.74, 6) is 0.312. The van der Waals surface area contributed by atoms with Gasteiger partial charge in [0, 0.05) is 12.6 Å². The summed E-state index contributed by atoms with van der Waals surface area (Å²) in [6, 6.07) is 0. The Hall–Kier alpha value is 0.110. The molecule has 20 heavy (non-hydrogen) atoms. The third kappa shape index (κ3) is 7.21. The molecule has 1 aliphatic carbocycles. The van der Waals surface area contributed by atoms with Gasteiger partial charge >= 0.3 is 7.60 Å². The molecular weight excluding hydrogens is 275 g/mol. The van der Waals surface area contributed by atoms with Gasteiger partial charge in [0.1, 0.15) is 0 Å². The molecule has 0 N–H and O–H groups in total. The van der Waals surface area contributed by atoms with E-state index < -0.39 is 7.60 Å². The number of hydrogen-bond acceptors (Lipinski definition) is 4. The summed E-state index contributed by atoms with van der Waals surface area (Å²) in [7, 11) is -2.97. The van der Waals surface area contributed by atoms with Gasteiger partial charge in [0.2, 0.25) is 0 Å². The smallest absolute Gasteiger partial charge is 0.328 e. The van der Waals surface area contributed by atoms with Crippen LogP contribution in [0.2, 0.25) is 0 Å². The van der Waals surface area contributed by atoms with E-state index in [0.717, 1.165) is 19.3 Å². The molecule has 1 fully saturated rings. The van der Waals surface area contributed by atoms with Gasteiger partial charge in [0.05, 0.1) is 24.4 Å². The largest absolute Gasteiger partial charge is 0.375 e. The van der Waals surface area contributed by atoms with E-state index in [1.165, 1.54) is 6.42 Å². The first kappa shape index (κ1) is 18.2. The molecule has 0 aromatic rings. The van der Waals surface area contributed by atoms with Gasteiger partial charge in [-0.1, -0.05) is 12.8 Å². The summed E-state index contributed by atoms with van der Waals surface area (Å²) in [4.78, 5) is 0. The van der Waals surface area contributed by atoms with Crippen molar-refractivity contribution in [1.82, 2.24) is 0 Å². The molecule has 0 radical (unpaired) electrons. The fraction of sp³-hybridized carbons (Fsp3) is 1.00. The highest BCUT2D eigenvalue weighted by molar-refractivity contribution is 7.53. The van der Waals surface area contributed by atoms with Crippen molar-refractivity contribution in [2.75, 3.05) is 13.3 Å². The summed E-state index contributed by atoms with van der Waals surface area (Å²) in [5, 5.41) is 0. The van der Waals surface area contributed by atoms with Crippen molar-refractivity contribution >= 4 is 7.60 Å². The second-order valence-electron chi connectivity index (χ2n) is 7.04. The average molecular weight is 306 g/mol. The minimum Gasteiger partial charge on any atom is -0.375 e. The van der Waals surface area contributed by atoms with Gasteiger partial charge in [-0.2, -0.15) is 0 Å². The van der Waals surface area contributed by atoms with Crippen molar-refractivity contribution in [3.05, 3.63) is 0 Å². The third-order valence-corrected chi connectivity index (χ3v) is 4.76. The summed E-state index contributed by atoms with van der Waals surface area (Å²) in [5.41, 5.74) is -0.146. The predicted octanol–water partition coefficient (Wildman–Crippen LogP) is 4.62. The van der Waals surface area contributed by atoms with Crippen LogP contribution in [0.1, 0.15) is 60.3 Å². The average Bonchev–Trinajstić information content (AvgIpc) is 2.24. The van der Waals surface area contributed by atoms with E-state index in [0.29, 0.717) is 12.5 Å². The fourth-order valence-corrected chi connectivity index (χ4v) is 4.10. The summed E-state index contributed by atoms with van der Waals surface area (Å²) >= 11 is 0. The van der Waals surface area contributed by atoms with Crippen LogP contribution in [0.3, 0.4) is 0 Å². The molecule has 3 atom stereocenters. The first-order valence-corrected chi connectivity index (χ1v) is 9.66. The molecule has 1 rings (SSSR count). The number of rotatable bonds is 6. The molecule has 0 saturated heterocycles. The molecule has 0 bridgehead atoms. The predicted molar refractivity (Wildman–Crippen MR) is 82.3 cm³/mol. The van der Waals surface area contributed by atoms with Crippen LogP contribution in [0.25, 0.3) is 0 Å². The topological polar surface area (TPSA) is 44.8 Å². The van der Waals surface area contributed by atoms with Gasteiger partial charge in [-0.3, -0.25) is 4.57 Å². The number of ether oxygens (including phenoxy) is 1. The lowest BCUT2D eigenvalue weighted by molar-refractivity contribution is -0.0550. The molecule has 0 aromatic heterocycles. The Kier molecular flexibility index (Phi) is 6.72. The van der Waals surface area contributed by atoms with Gasteiger partial charge in [0.15, 0.2) is 0 Å². The zero-order valence-corrected chi connectivity index (χ0v) is 14.7. The Balaban J connectivity index is 2.58. The monoisotopic (exact) mass is 306 g/mol. The Morgan fingerprint density at radius 2 is 1.80 bits per heavy atom. The maximum Gasteiger partial charge on any atom is 0.328 e. The quantitative estimate of drug-likeness (QED) is 0.671. The number of hydrogen-bond donors (Lipinski definition) is 0. The molecule has 0 aliphatic heterocycles. The Morgan fingerprint density at radius 1 is 1.20 bits per heavy atom. The van der Waals surface area contributed by atoms with Gasteiger partial charge in [-0.25, -0.2) is 0 Å². The van der Waals surface area contributed by atoms with Crippen LogP contribution < -0.4 is 0 Å². The molecule has 0 aromatic carbocycles. The minimum atomic E-state index is -2.97. The summed E-state index contributed by atoms with van der Waals surface area (Å²) in [6.07, 6.45) is 4.23. The zero-order chi connectivity index (χ0) is 15.4. The Morgan fingerprint density at radius 3 is 2.35 bits per heavy atom. The third-order valence-electron chi connectivity index (χ3n) is 3.30. The lowest BCUT2D eigenvalue weighted by Crippen LogP contribution is -2.33. The van der Waals surface area contributed by atoms with Crippen LogP contribution in [0.4, 0.5) is 0 Å². The van der Waals surface area contributed by atoms with E-state index >= 15 is 0 Å². The molecule has 4 nitrogen and oxygen atoms in total. The first-order chi connectivity index (χ1) is 9.09. The van der Waals surface area contributed by atoms with Crippen LogP contribution in [0.5, 0.6) is 0 Å².